The van der Waals surface area contributed by atoms with Crippen molar-refractivity contribution in [3.63, 3.8) is 0 Å². The highest BCUT2D eigenvalue weighted by Gasteiger charge is 2.14. The molecular formula is C13H20O2. The molecule has 0 aromatic heterocycles. The molecule has 0 aliphatic carbocycles. The molecule has 84 valence electrons. The van der Waals surface area contributed by atoms with Gasteiger partial charge in [0, 0.05) is 5.56 Å². The molecule has 0 saturated carbocycles. The van der Waals surface area contributed by atoms with Gasteiger partial charge in [0.25, 0.3) is 0 Å². The number of hydrogen-bond acceptors (Lipinski definition) is 2. The van der Waals surface area contributed by atoms with E-state index in [1.807, 2.05) is 6.07 Å². The molecule has 0 N–H and O–H groups in total. The zero-order chi connectivity index (χ0) is 11.4. The van der Waals surface area contributed by atoms with E-state index in [0.717, 1.165) is 17.9 Å². The summed E-state index contributed by atoms with van der Waals surface area (Å²) >= 11 is 0. The molecule has 2 nitrogen and oxygen atoms in total. The number of methoxy groups -OCH3 is 2. The minimum absolute atomic E-state index is 0.445. The minimum atomic E-state index is 0.445. The normalized spacial score (nSPS) is 10.5. The summed E-state index contributed by atoms with van der Waals surface area (Å²) in [5, 5.41) is 0. The predicted molar refractivity (Wildman–Crippen MR) is 63.0 cm³/mol. The van der Waals surface area contributed by atoms with Gasteiger partial charge in [0.2, 0.25) is 0 Å². The first-order valence-electron chi connectivity index (χ1n) is 5.38. The summed E-state index contributed by atoms with van der Waals surface area (Å²) < 4.78 is 10.7. The topological polar surface area (TPSA) is 18.5 Å². The van der Waals surface area contributed by atoms with Crippen molar-refractivity contribution in [2.45, 2.75) is 33.1 Å². The summed E-state index contributed by atoms with van der Waals surface area (Å²) in [5.41, 5.74) is 2.50. The van der Waals surface area contributed by atoms with E-state index in [1.54, 1.807) is 14.2 Å². The molecule has 1 aromatic carbocycles. The maximum atomic E-state index is 5.40. The van der Waals surface area contributed by atoms with Crippen molar-refractivity contribution >= 4 is 0 Å². The van der Waals surface area contributed by atoms with Crippen LogP contribution in [0.5, 0.6) is 11.5 Å². The van der Waals surface area contributed by atoms with Crippen LogP contribution in [0.25, 0.3) is 0 Å². The molecule has 0 saturated heterocycles. The fourth-order valence-electron chi connectivity index (χ4n) is 1.69. The molecule has 0 heterocycles. The molecule has 0 aliphatic rings. The highest BCUT2D eigenvalue weighted by atomic mass is 16.5. The summed E-state index contributed by atoms with van der Waals surface area (Å²) in [6.45, 7) is 6.47. The first-order valence-corrected chi connectivity index (χ1v) is 5.38. The van der Waals surface area contributed by atoms with Gasteiger partial charge in [0.15, 0.2) is 11.5 Å². The van der Waals surface area contributed by atoms with Gasteiger partial charge in [0.05, 0.1) is 14.2 Å². The van der Waals surface area contributed by atoms with Crippen LogP contribution in [-0.4, -0.2) is 14.2 Å². The fraction of sp³-hybridized carbons (Fsp3) is 0.538. The molecule has 0 radical (unpaired) electrons. The number of ether oxygens (including phenoxy) is 2. The Kier molecular flexibility index (Phi) is 4.01. The van der Waals surface area contributed by atoms with Crippen molar-refractivity contribution in [2.24, 2.45) is 0 Å². The summed E-state index contributed by atoms with van der Waals surface area (Å²) in [4.78, 5) is 0. The molecule has 0 bridgehead atoms. The van der Waals surface area contributed by atoms with Crippen molar-refractivity contribution < 1.29 is 9.47 Å². The lowest BCUT2D eigenvalue weighted by molar-refractivity contribution is 0.350. The van der Waals surface area contributed by atoms with E-state index >= 15 is 0 Å². The molecule has 0 atom stereocenters. The van der Waals surface area contributed by atoms with Crippen LogP contribution in [0.15, 0.2) is 12.1 Å². The molecule has 0 aliphatic heterocycles. The Morgan fingerprint density at radius 2 is 1.80 bits per heavy atom. The highest BCUT2D eigenvalue weighted by Crippen LogP contribution is 2.36. The van der Waals surface area contributed by atoms with Gasteiger partial charge in [-0.1, -0.05) is 26.8 Å². The Morgan fingerprint density at radius 1 is 1.13 bits per heavy atom. The molecule has 0 unspecified atom stereocenters. The third kappa shape index (κ3) is 2.44. The van der Waals surface area contributed by atoms with Crippen LogP contribution < -0.4 is 9.47 Å². The predicted octanol–water partition coefficient (Wildman–Crippen LogP) is 3.39. The Bertz CT molecular complexity index is 330. The maximum Gasteiger partial charge on any atom is 0.164 e. The molecular weight excluding hydrogens is 188 g/mol. The van der Waals surface area contributed by atoms with Crippen molar-refractivity contribution in [3.8, 4) is 11.5 Å². The second kappa shape index (κ2) is 5.06. The van der Waals surface area contributed by atoms with Crippen molar-refractivity contribution in [3.05, 3.63) is 23.3 Å². The van der Waals surface area contributed by atoms with Crippen molar-refractivity contribution in [1.29, 1.82) is 0 Å². The summed E-state index contributed by atoms with van der Waals surface area (Å²) in [5.74, 6) is 2.14. The van der Waals surface area contributed by atoms with Gasteiger partial charge in [0.1, 0.15) is 0 Å². The van der Waals surface area contributed by atoms with Crippen LogP contribution in [0, 0.1) is 0 Å². The van der Waals surface area contributed by atoms with Gasteiger partial charge in [-0.05, 0) is 24.0 Å². The van der Waals surface area contributed by atoms with Crippen LogP contribution >= 0.6 is 0 Å². The van der Waals surface area contributed by atoms with Crippen LogP contribution in [0.2, 0.25) is 0 Å². The number of rotatable bonds is 4. The summed E-state index contributed by atoms with van der Waals surface area (Å²) in [6, 6.07) is 4.25. The standard InChI is InChI=1S/C13H20O2/c1-6-10-7-11(9(2)3)13(15-5)12(8-10)14-4/h7-9H,6H2,1-5H3. The second-order valence-electron chi connectivity index (χ2n) is 3.93. The van der Waals surface area contributed by atoms with Gasteiger partial charge in [-0.3, -0.25) is 0 Å². The summed E-state index contributed by atoms with van der Waals surface area (Å²) in [7, 11) is 3.37. The highest BCUT2D eigenvalue weighted by molar-refractivity contribution is 5.50. The molecule has 1 aromatic rings. The Labute approximate surface area is 92.2 Å². The Balaban J connectivity index is 3.32. The second-order valence-corrected chi connectivity index (χ2v) is 3.93. The summed E-state index contributed by atoms with van der Waals surface area (Å²) in [6.07, 6.45) is 1.01. The molecule has 15 heavy (non-hydrogen) atoms. The number of hydrogen-bond donors (Lipinski definition) is 0. The SMILES string of the molecule is CCc1cc(OC)c(OC)c(C(C)C)c1. The lowest BCUT2D eigenvalue weighted by Crippen LogP contribution is -1.99. The first-order chi connectivity index (χ1) is 7.13. The van der Waals surface area contributed by atoms with Gasteiger partial charge in [-0.15, -0.1) is 0 Å². The van der Waals surface area contributed by atoms with Gasteiger partial charge < -0.3 is 9.47 Å². The molecule has 1 rings (SSSR count). The molecule has 2 heteroatoms. The van der Waals surface area contributed by atoms with E-state index in [2.05, 4.69) is 26.8 Å². The van der Waals surface area contributed by atoms with Crippen LogP contribution in [0.4, 0.5) is 0 Å². The largest absolute Gasteiger partial charge is 0.493 e. The average molecular weight is 208 g/mol. The van der Waals surface area contributed by atoms with Crippen LogP contribution in [0.1, 0.15) is 37.8 Å². The fourth-order valence-corrected chi connectivity index (χ4v) is 1.69. The lowest BCUT2D eigenvalue weighted by Gasteiger charge is -2.16. The van der Waals surface area contributed by atoms with Gasteiger partial charge in [-0.2, -0.15) is 0 Å². The Hall–Kier alpha value is -1.18. The number of aryl methyl sites for hydroxylation is 1. The van der Waals surface area contributed by atoms with E-state index in [0.29, 0.717) is 5.92 Å². The smallest absolute Gasteiger partial charge is 0.164 e. The zero-order valence-electron chi connectivity index (χ0n) is 10.3. The van der Waals surface area contributed by atoms with Crippen molar-refractivity contribution in [2.75, 3.05) is 14.2 Å². The van der Waals surface area contributed by atoms with E-state index < -0.39 is 0 Å². The molecule has 0 spiro atoms. The van der Waals surface area contributed by atoms with Crippen LogP contribution in [-0.2, 0) is 6.42 Å². The third-order valence-electron chi connectivity index (χ3n) is 2.60. The van der Waals surface area contributed by atoms with Crippen LogP contribution in [0.3, 0.4) is 0 Å². The van der Waals surface area contributed by atoms with Crippen molar-refractivity contribution in [1.82, 2.24) is 0 Å². The number of benzene rings is 1. The van der Waals surface area contributed by atoms with E-state index in [9.17, 15) is 0 Å². The third-order valence-corrected chi connectivity index (χ3v) is 2.60. The van der Waals surface area contributed by atoms with Gasteiger partial charge >= 0.3 is 0 Å². The van der Waals surface area contributed by atoms with E-state index in [4.69, 9.17) is 9.47 Å². The molecule has 0 amide bonds. The monoisotopic (exact) mass is 208 g/mol. The maximum absolute atomic E-state index is 5.40. The van der Waals surface area contributed by atoms with E-state index in [1.165, 1.54) is 11.1 Å². The Morgan fingerprint density at radius 3 is 2.20 bits per heavy atom. The average Bonchev–Trinajstić information content (AvgIpc) is 2.26. The lowest BCUT2D eigenvalue weighted by atomic mass is 9.98. The van der Waals surface area contributed by atoms with E-state index in [-0.39, 0.29) is 0 Å². The van der Waals surface area contributed by atoms with Gasteiger partial charge in [-0.25, -0.2) is 0 Å². The minimum Gasteiger partial charge on any atom is -0.493 e. The zero-order valence-corrected chi connectivity index (χ0v) is 10.3. The quantitative estimate of drug-likeness (QED) is 0.755. The molecule has 0 fully saturated rings. The first kappa shape index (κ1) is 11.9.